The Labute approximate surface area is 118 Å². The maximum Gasteiger partial charge on any atom is 0.389 e. The van der Waals surface area contributed by atoms with Gasteiger partial charge in [0, 0.05) is 25.0 Å². The van der Waals surface area contributed by atoms with Gasteiger partial charge in [0.2, 0.25) is 0 Å². The van der Waals surface area contributed by atoms with Crippen LogP contribution in [0.1, 0.15) is 31.7 Å². The molecule has 114 valence electrons. The summed E-state index contributed by atoms with van der Waals surface area (Å²) < 4.78 is 36.7. The molecule has 0 aliphatic carbocycles. The van der Waals surface area contributed by atoms with Gasteiger partial charge >= 0.3 is 6.18 Å². The van der Waals surface area contributed by atoms with Crippen molar-refractivity contribution in [3.63, 3.8) is 0 Å². The van der Waals surface area contributed by atoms with E-state index in [1.165, 1.54) is 0 Å². The van der Waals surface area contributed by atoms with Crippen molar-refractivity contribution >= 4 is 0 Å². The quantitative estimate of drug-likeness (QED) is 0.831. The van der Waals surface area contributed by atoms with Crippen LogP contribution in [-0.2, 0) is 6.54 Å². The number of nitrogens with zero attached hydrogens (tertiary/aromatic N) is 1. The highest BCUT2D eigenvalue weighted by molar-refractivity contribution is 5.14. The SMILES string of the molecule is CN(Cc1ccccc1)C(C)(CN)CCCC(F)(F)F. The summed E-state index contributed by atoms with van der Waals surface area (Å²) in [6.45, 7) is 2.95. The van der Waals surface area contributed by atoms with Crippen LogP contribution in [-0.4, -0.2) is 30.2 Å². The molecule has 0 saturated carbocycles. The van der Waals surface area contributed by atoms with Gasteiger partial charge in [-0.25, -0.2) is 0 Å². The summed E-state index contributed by atoms with van der Waals surface area (Å²) in [4.78, 5) is 2.04. The molecule has 5 heteroatoms. The summed E-state index contributed by atoms with van der Waals surface area (Å²) in [5.74, 6) is 0. The molecule has 1 aromatic carbocycles. The molecule has 0 saturated heterocycles. The predicted octanol–water partition coefficient (Wildman–Crippen LogP) is 3.57. The first-order valence-electron chi connectivity index (χ1n) is 6.79. The smallest absolute Gasteiger partial charge is 0.329 e. The third kappa shape index (κ3) is 5.51. The van der Waals surface area contributed by atoms with Crippen molar-refractivity contribution in [2.24, 2.45) is 5.73 Å². The minimum atomic E-state index is -4.09. The molecule has 1 unspecified atom stereocenters. The fourth-order valence-corrected chi connectivity index (χ4v) is 2.17. The Balaban J connectivity index is 2.58. The average Bonchev–Trinajstić information content (AvgIpc) is 2.38. The second-order valence-electron chi connectivity index (χ2n) is 5.51. The van der Waals surface area contributed by atoms with Crippen molar-refractivity contribution in [1.29, 1.82) is 0 Å². The Morgan fingerprint density at radius 3 is 2.20 bits per heavy atom. The normalized spacial score (nSPS) is 15.3. The fourth-order valence-electron chi connectivity index (χ4n) is 2.17. The summed E-state index contributed by atoms with van der Waals surface area (Å²) in [7, 11) is 1.91. The third-order valence-electron chi connectivity index (χ3n) is 3.80. The fraction of sp³-hybridized carbons (Fsp3) is 0.600. The van der Waals surface area contributed by atoms with Crippen molar-refractivity contribution in [1.82, 2.24) is 4.90 Å². The van der Waals surface area contributed by atoms with E-state index in [1.807, 2.05) is 49.2 Å². The van der Waals surface area contributed by atoms with E-state index in [0.29, 0.717) is 19.5 Å². The number of hydrogen-bond acceptors (Lipinski definition) is 2. The highest BCUT2D eigenvalue weighted by atomic mass is 19.4. The first-order chi connectivity index (χ1) is 9.27. The number of nitrogens with two attached hydrogens (primary N) is 1. The van der Waals surface area contributed by atoms with Crippen LogP contribution in [0.3, 0.4) is 0 Å². The zero-order valence-corrected chi connectivity index (χ0v) is 12.1. The number of likely N-dealkylation sites (N-methyl/N-ethyl adjacent to an activating group) is 1. The summed E-state index contributed by atoms with van der Waals surface area (Å²) >= 11 is 0. The van der Waals surface area contributed by atoms with Crippen LogP contribution < -0.4 is 5.73 Å². The van der Waals surface area contributed by atoms with Gasteiger partial charge in [-0.15, -0.1) is 0 Å². The van der Waals surface area contributed by atoms with Gasteiger partial charge in [0.15, 0.2) is 0 Å². The van der Waals surface area contributed by atoms with Crippen molar-refractivity contribution < 1.29 is 13.2 Å². The van der Waals surface area contributed by atoms with E-state index >= 15 is 0 Å². The maximum atomic E-state index is 12.2. The molecular formula is C15H23F3N2. The van der Waals surface area contributed by atoms with Crippen LogP contribution in [0.15, 0.2) is 30.3 Å². The van der Waals surface area contributed by atoms with Gasteiger partial charge in [-0.2, -0.15) is 13.2 Å². The van der Waals surface area contributed by atoms with Gasteiger partial charge in [-0.05, 0) is 32.4 Å². The molecule has 1 atom stereocenters. The van der Waals surface area contributed by atoms with E-state index in [-0.39, 0.29) is 6.42 Å². The molecule has 0 aliphatic rings. The van der Waals surface area contributed by atoms with E-state index in [4.69, 9.17) is 5.73 Å². The number of alkyl halides is 3. The Morgan fingerprint density at radius 2 is 1.70 bits per heavy atom. The second kappa shape index (κ2) is 7.09. The minimum Gasteiger partial charge on any atom is -0.329 e. The van der Waals surface area contributed by atoms with Gasteiger partial charge < -0.3 is 5.73 Å². The number of hydrogen-bond donors (Lipinski definition) is 1. The number of halogens is 3. The van der Waals surface area contributed by atoms with Crippen LogP contribution in [0.25, 0.3) is 0 Å². The standard InChI is InChI=1S/C15H23F3N2/c1-14(12-19,9-6-10-15(16,17)18)20(2)11-13-7-4-3-5-8-13/h3-5,7-8H,6,9-12,19H2,1-2H3. The molecule has 0 fully saturated rings. The van der Waals surface area contributed by atoms with E-state index < -0.39 is 18.1 Å². The Hall–Kier alpha value is -1.07. The van der Waals surface area contributed by atoms with E-state index in [1.54, 1.807) is 0 Å². The molecule has 20 heavy (non-hydrogen) atoms. The largest absolute Gasteiger partial charge is 0.389 e. The number of rotatable bonds is 7. The zero-order chi connectivity index (χ0) is 15.2. The summed E-state index contributed by atoms with van der Waals surface area (Å²) in [6.07, 6.45) is -4.29. The van der Waals surface area contributed by atoms with Crippen LogP contribution in [0.2, 0.25) is 0 Å². The first-order valence-corrected chi connectivity index (χ1v) is 6.79. The Kier molecular flexibility index (Phi) is 6.02. The van der Waals surface area contributed by atoms with Gasteiger partial charge in [0.25, 0.3) is 0 Å². The third-order valence-corrected chi connectivity index (χ3v) is 3.80. The lowest BCUT2D eigenvalue weighted by Gasteiger charge is -2.38. The molecular weight excluding hydrogens is 265 g/mol. The molecule has 0 aromatic heterocycles. The Morgan fingerprint density at radius 1 is 1.10 bits per heavy atom. The van der Waals surface area contributed by atoms with Crippen LogP contribution >= 0.6 is 0 Å². The number of benzene rings is 1. The van der Waals surface area contributed by atoms with Gasteiger partial charge in [0.05, 0.1) is 0 Å². The zero-order valence-electron chi connectivity index (χ0n) is 12.1. The molecule has 1 rings (SSSR count). The lowest BCUT2D eigenvalue weighted by Crippen LogP contribution is -2.49. The molecule has 0 amide bonds. The summed E-state index contributed by atoms with van der Waals surface area (Å²) in [5.41, 5.74) is 6.50. The van der Waals surface area contributed by atoms with Crippen LogP contribution in [0.5, 0.6) is 0 Å². The molecule has 1 aromatic rings. The van der Waals surface area contributed by atoms with Crippen molar-refractivity contribution in [3.05, 3.63) is 35.9 Å². The second-order valence-corrected chi connectivity index (χ2v) is 5.51. The van der Waals surface area contributed by atoms with Crippen molar-refractivity contribution in [3.8, 4) is 0 Å². The predicted molar refractivity (Wildman–Crippen MR) is 75.3 cm³/mol. The van der Waals surface area contributed by atoms with Crippen LogP contribution in [0, 0.1) is 0 Å². The first kappa shape index (κ1) is 17.0. The highest BCUT2D eigenvalue weighted by Crippen LogP contribution is 2.27. The molecule has 0 heterocycles. The molecule has 0 aliphatic heterocycles. The van der Waals surface area contributed by atoms with Gasteiger partial charge in [-0.3, -0.25) is 4.90 Å². The lowest BCUT2D eigenvalue weighted by atomic mass is 9.92. The van der Waals surface area contributed by atoms with Crippen molar-refractivity contribution in [2.45, 2.75) is 44.4 Å². The molecule has 0 spiro atoms. The van der Waals surface area contributed by atoms with Crippen LogP contribution in [0.4, 0.5) is 13.2 Å². The maximum absolute atomic E-state index is 12.2. The summed E-state index contributed by atoms with van der Waals surface area (Å²) in [5, 5.41) is 0. The van der Waals surface area contributed by atoms with E-state index in [9.17, 15) is 13.2 Å². The van der Waals surface area contributed by atoms with Crippen molar-refractivity contribution in [2.75, 3.05) is 13.6 Å². The summed E-state index contributed by atoms with van der Waals surface area (Å²) in [6, 6.07) is 9.85. The molecule has 0 radical (unpaired) electrons. The molecule has 0 bridgehead atoms. The van der Waals surface area contributed by atoms with Gasteiger partial charge in [0.1, 0.15) is 0 Å². The minimum absolute atomic E-state index is 0.107. The van der Waals surface area contributed by atoms with Gasteiger partial charge in [-0.1, -0.05) is 30.3 Å². The monoisotopic (exact) mass is 288 g/mol. The lowest BCUT2D eigenvalue weighted by molar-refractivity contribution is -0.136. The van der Waals surface area contributed by atoms with E-state index in [0.717, 1.165) is 5.56 Å². The molecule has 2 nitrogen and oxygen atoms in total. The molecule has 2 N–H and O–H groups in total. The Bertz CT molecular complexity index is 392. The van der Waals surface area contributed by atoms with E-state index in [2.05, 4.69) is 0 Å². The topological polar surface area (TPSA) is 29.3 Å². The highest BCUT2D eigenvalue weighted by Gasteiger charge is 2.31. The average molecular weight is 288 g/mol.